The van der Waals surface area contributed by atoms with Crippen LogP contribution < -0.4 is 4.90 Å². The number of amides is 1. The average molecular weight is 421 g/mol. The summed E-state index contributed by atoms with van der Waals surface area (Å²) >= 11 is 6.62. The molecular formula is C22H30ClFN4O. The number of nitrogens with zero attached hydrogens (tertiary/aromatic N) is 4. The lowest BCUT2D eigenvalue weighted by Gasteiger charge is -2.36. The van der Waals surface area contributed by atoms with Gasteiger partial charge in [-0.25, -0.2) is 4.39 Å². The number of hydrogen-bond acceptors (Lipinski definition) is 3. The molecule has 2 heterocycles. The van der Waals surface area contributed by atoms with Crippen LogP contribution in [0.25, 0.3) is 0 Å². The summed E-state index contributed by atoms with van der Waals surface area (Å²) in [6.07, 6.45) is 0.952. The molecule has 158 valence electrons. The van der Waals surface area contributed by atoms with Crippen molar-refractivity contribution < 1.29 is 9.18 Å². The number of anilines is 1. The maximum absolute atomic E-state index is 13.1. The molecule has 1 aliphatic rings. The van der Waals surface area contributed by atoms with Crippen molar-refractivity contribution in [3.8, 4) is 0 Å². The van der Waals surface area contributed by atoms with Gasteiger partial charge in [-0.2, -0.15) is 5.10 Å². The van der Waals surface area contributed by atoms with Crippen LogP contribution in [0.1, 0.15) is 57.3 Å². The van der Waals surface area contributed by atoms with Crippen LogP contribution >= 0.6 is 11.6 Å². The Kier molecular flexibility index (Phi) is 6.83. The molecule has 0 N–H and O–H groups in total. The third-order valence-corrected chi connectivity index (χ3v) is 6.08. The van der Waals surface area contributed by atoms with Gasteiger partial charge in [0.05, 0.1) is 16.4 Å². The zero-order chi connectivity index (χ0) is 21.1. The van der Waals surface area contributed by atoms with Crippen LogP contribution in [-0.2, 0) is 11.3 Å². The number of aromatic nitrogens is 2. The monoisotopic (exact) mass is 420 g/mol. The molecule has 0 spiro atoms. The minimum absolute atomic E-state index is 0.0560. The summed E-state index contributed by atoms with van der Waals surface area (Å²) in [6.45, 7) is 11.3. The van der Waals surface area contributed by atoms with Crippen LogP contribution in [0.2, 0.25) is 5.02 Å². The van der Waals surface area contributed by atoms with E-state index in [2.05, 4.69) is 32.6 Å². The highest BCUT2D eigenvalue weighted by molar-refractivity contribution is 6.32. The number of carbonyl (C=O) groups is 1. The van der Waals surface area contributed by atoms with Crippen molar-refractivity contribution in [2.45, 2.75) is 52.5 Å². The van der Waals surface area contributed by atoms with E-state index in [-0.39, 0.29) is 30.1 Å². The largest absolute Gasteiger partial charge is 0.368 e. The van der Waals surface area contributed by atoms with Gasteiger partial charge in [0.25, 0.3) is 0 Å². The van der Waals surface area contributed by atoms with Gasteiger partial charge in [0, 0.05) is 37.8 Å². The number of carbonyl (C=O) groups excluding carboxylic acids is 1. The van der Waals surface area contributed by atoms with Crippen molar-refractivity contribution in [3.05, 3.63) is 46.5 Å². The molecule has 1 atom stereocenters. The Balaban J connectivity index is 1.67. The predicted octanol–water partition coefficient (Wildman–Crippen LogP) is 4.66. The molecule has 1 aromatic heterocycles. The van der Waals surface area contributed by atoms with Gasteiger partial charge in [-0.15, -0.1) is 0 Å². The van der Waals surface area contributed by atoms with Gasteiger partial charge in [-0.05, 0) is 36.6 Å². The maximum atomic E-state index is 13.1. The first-order chi connectivity index (χ1) is 13.8. The summed E-state index contributed by atoms with van der Waals surface area (Å²) in [5.74, 6) is 0.269. The summed E-state index contributed by atoms with van der Waals surface area (Å²) in [7, 11) is 0. The Morgan fingerprint density at radius 1 is 1.14 bits per heavy atom. The fourth-order valence-electron chi connectivity index (χ4n) is 3.75. The maximum Gasteiger partial charge on any atom is 0.244 e. The Hall–Kier alpha value is -2.08. The van der Waals surface area contributed by atoms with Gasteiger partial charge in [0.15, 0.2) is 0 Å². The lowest BCUT2D eigenvalue weighted by molar-refractivity contribution is -0.132. The van der Waals surface area contributed by atoms with E-state index < -0.39 is 0 Å². The summed E-state index contributed by atoms with van der Waals surface area (Å²) in [6, 6.07) is 6.50. The van der Waals surface area contributed by atoms with Gasteiger partial charge in [0.2, 0.25) is 5.91 Å². The first-order valence-corrected chi connectivity index (χ1v) is 10.7. The Bertz CT molecular complexity index is 841. The zero-order valence-electron chi connectivity index (χ0n) is 17.7. The Labute approximate surface area is 177 Å². The van der Waals surface area contributed by atoms with Crippen molar-refractivity contribution in [3.63, 3.8) is 0 Å². The fourth-order valence-corrected chi connectivity index (χ4v) is 4.29. The average Bonchev–Trinajstić information content (AvgIpc) is 3.04. The Morgan fingerprint density at radius 3 is 2.31 bits per heavy atom. The number of rotatable bonds is 6. The lowest BCUT2D eigenvalue weighted by atomic mass is 10.0. The van der Waals surface area contributed by atoms with E-state index in [1.54, 1.807) is 16.8 Å². The molecule has 0 bridgehead atoms. The van der Waals surface area contributed by atoms with Gasteiger partial charge >= 0.3 is 0 Å². The fraction of sp³-hybridized carbons (Fsp3) is 0.545. The van der Waals surface area contributed by atoms with Crippen molar-refractivity contribution in [1.82, 2.24) is 14.7 Å². The standard InChI is InChI=1S/C22H30ClFN4O/c1-5-16(4)21-20(23)22(15(2)3)28(25-21)14-19(29)27-12-10-26(11-13-27)18-8-6-17(24)7-9-18/h6-9,15-16H,5,10-14H2,1-4H3. The highest BCUT2D eigenvalue weighted by Gasteiger charge is 2.26. The molecule has 1 unspecified atom stereocenters. The molecule has 1 amide bonds. The van der Waals surface area contributed by atoms with Crippen molar-refractivity contribution in [2.24, 2.45) is 0 Å². The molecule has 1 fully saturated rings. The zero-order valence-corrected chi connectivity index (χ0v) is 18.4. The topological polar surface area (TPSA) is 41.4 Å². The van der Waals surface area contributed by atoms with Gasteiger partial charge in [-0.1, -0.05) is 39.3 Å². The summed E-state index contributed by atoms with van der Waals surface area (Å²) in [4.78, 5) is 17.0. The van der Waals surface area contributed by atoms with Crippen molar-refractivity contribution >= 4 is 23.2 Å². The van der Waals surface area contributed by atoms with E-state index in [0.29, 0.717) is 18.1 Å². The smallest absolute Gasteiger partial charge is 0.244 e. The molecule has 5 nitrogen and oxygen atoms in total. The van der Waals surface area contributed by atoms with E-state index in [1.807, 2.05) is 4.90 Å². The second-order valence-corrected chi connectivity index (χ2v) is 8.43. The van der Waals surface area contributed by atoms with Gasteiger partial charge in [0.1, 0.15) is 12.4 Å². The third kappa shape index (κ3) is 4.74. The van der Waals surface area contributed by atoms with Crippen LogP contribution in [-0.4, -0.2) is 46.8 Å². The van der Waals surface area contributed by atoms with E-state index in [4.69, 9.17) is 16.7 Å². The van der Waals surface area contributed by atoms with E-state index in [0.717, 1.165) is 36.6 Å². The van der Waals surface area contributed by atoms with Crippen molar-refractivity contribution in [2.75, 3.05) is 31.1 Å². The van der Waals surface area contributed by atoms with Crippen LogP contribution in [0.3, 0.4) is 0 Å². The van der Waals surface area contributed by atoms with E-state index in [1.165, 1.54) is 12.1 Å². The first kappa shape index (κ1) is 21.6. The quantitative estimate of drug-likeness (QED) is 0.682. The molecular weight excluding hydrogens is 391 g/mol. The normalized spacial score (nSPS) is 15.8. The van der Waals surface area contributed by atoms with E-state index in [9.17, 15) is 9.18 Å². The number of benzene rings is 1. The third-order valence-electron chi connectivity index (χ3n) is 5.69. The molecule has 1 aliphatic heterocycles. The molecule has 29 heavy (non-hydrogen) atoms. The molecule has 1 saturated heterocycles. The SMILES string of the molecule is CCC(C)c1nn(CC(=O)N2CCN(c3ccc(F)cc3)CC2)c(C(C)C)c1Cl. The van der Waals surface area contributed by atoms with Crippen molar-refractivity contribution in [1.29, 1.82) is 0 Å². The van der Waals surface area contributed by atoms with Gasteiger partial charge in [-0.3, -0.25) is 9.48 Å². The minimum atomic E-state index is -0.238. The second kappa shape index (κ2) is 9.16. The van der Waals surface area contributed by atoms with Crippen LogP contribution in [0, 0.1) is 5.82 Å². The predicted molar refractivity (Wildman–Crippen MR) is 115 cm³/mol. The summed E-state index contributed by atoms with van der Waals surface area (Å²) in [5.41, 5.74) is 2.80. The number of piperazine rings is 1. The minimum Gasteiger partial charge on any atom is -0.368 e. The highest BCUT2D eigenvalue weighted by atomic mass is 35.5. The first-order valence-electron chi connectivity index (χ1n) is 10.4. The van der Waals surface area contributed by atoms with Crippen LogP contribution in [0.15, 0.2) is 24.3 Å². The highest BCUT2D eigenvalue weighted by Crippen LogP contribution is 2.33. The molecule has 3 rings (SSSR count). The van der Waals surface area contributed by atoms with Crippen LogP contribution in [0.4, 0.5) is 10.1 Å². The molecule has 0 aliphatic carbocycles. The molecule has 7 heteroatoms. The molecule has 1 aromatic carbocycles. The number of halogens is 2. The summed E-state index contributed by atoms with van der Waals surface area (Å²) in [5, 5.41) is 5.40. The number of hydrogen-bond donors (Lipinski definition) is 0. The molecule has 2 aromatic rings. The van der Waals surface area contributed by atoms with Crippen LogP contribution in [0.5, 0.6) is 0 Å². The lowest BCUT2D eigenvalue weighted by Crippen LogP contribution is -2.49. The molecule has 0 radical (unpaired) electrons. The van der Waals surface area contributed by atoms with Gasteiger partial charge < -0.3 is 9.80 Å². The summed E-state index contributed by atoms with van der Waals surface area (Å²) < 4.78 is 14.9. The molecule has 0 saturated carbocycles. The van der Waals surface area contributed by atoms with E-state index >= 15 is 0 Å². The Morgan fingerprint density at radius 2 is 1.76 bits per heavy atom. The second-order valence-electron chi connectivity index (χ2n) is 8.05.